The third-order valence-electron chi connectivity index (χ3n) is 2.40. The molecule has 0 fully saturated rings. The number of ether oxygens (including phenoxy) is 1. The molecule has 1 rings (SSSR count). The molecule has 0 aliphatic heterocycles. The molecule has 0 saturated carbocycles. The van der Waals surface area contributed by atoms with Gasteiger partial charge in [-0.05, 0) is 31.5 Å². The van der Waals surface area contributed by atoms with Crippen molar-refractivity contribution >= 4 is 5.97 Å². The van der Waals surface area contributed by atoms with Gasteiger partial charge in [0.05, 0.1) is 12.2 Å². The van der Waals surface area contributed by atoms with Crippen molar-refractivity contribution in [2.75, 3.05) is 13.2 Å². The molecule has 0 heterocycles. The van der Waals surface area contributed by atoms with Crippen molar-refractivity contribution in [2.24, 2.45) is 0 Å². The van der Waals surface area contributed by atoms with Crippen LogP contribution in [-0.2, 0) is 11.3 Å². The minimum atomic E-state index is -0.894. The number of rotatable bonds is 7. The van der Waals surface area contributed by atoms with Crippen LogP contribution in [0.4, 0.5) is 0 Å². The van der Waals surface area contributed by atoms with Crippen molar-refractivity contribution in [2.45, 2.75) is 26.4 Å². The average molecular weight is 237 g/mol. The lowest BCUT2D eigenvalue weighted by Crippen LogP contribution is -2.30. The first kappa shape index (κ1) is 13.7. The molecule has 1 aromatic rings. The summed E-state index contributed by atoms with van der Waals surface area (Å²) in [5.41, 5.74) is 1.29. The standard InChI is InChI=1S/C13H19NO3/c1-3-17-9-10(2)14-8-11-5-4-6-12(7-11)13(15)16/h4-7,10,14H,3,8-9H2,1-2H3,(H,15,16). The number of nitrogens with one attached hydrogen (secondary N) is 1. The van der Waals surface area contributed by atoms with Gasteiger partial charge >= 0.3 is 5.97 Å². The van der Waals surface area contributed by atoms with Crippen molar-refractivity contribution in [3.8, 4) is 0 Å². The van der Waals surface area contributed by atoms with Crippen LogP contribution in [0.2, 0.25) is 0 Å². The van der Waals surface area contributed by atoms with Crippen molar-refractivity contribution in [3.63, 3.8) is 0 Å². The monoisotopic (exact) mass is 237 g/mol. The van der Waals surface area contributed by atoms with Crippen molar-refractivity contribution < 1.29 is 14.6 Å². The summed E-state index contributed by atoms with van der Waals surface area (Å²) >= 11 is 0. The Morgan fingerprint density at radius 3 is 2.94 bits per heavy atom. The second kappa shape index (κ2) is 7.04. The van der Waals surface area contributed by atoms with E-state index in [0.717, 1.165) is 5.56 Å². The molecule has 4 nitrogen and oxygen atoms in total. The van der Waals surface area contributed by atoms with Gasteiger partial charge in [-0.3, -0.25) is 0 Å². The van der Waals surface area contributed by atoms with E-state index in [1.165, 1.54) is 0 Å². The lowest BCUT2D eigenvalue weighted by atomic mass is 10.1. The lowest BCUT2D eigenvalue weighted by molar-refractivity contribution is 0.0696. The highest BCUT2D eigenvalue weighted by Gasteiger charge is 2.04. The summed E-state index contributed by atoms with van der Waals surface area (Å²) < 4.78 is 5.29. The molecule has 1 aromatic carbocycles. The highest BCUT2D eigenvalue weighted by atomic mass is 16.5. The molecule has 4 heteroatoms. The minimum Gasteiger partial charge on any atom is -0.478 e. The number of hydrogen-bond donors (Lipinski definition) is 2. The van der Waals surface area contributed by atoms with Gasteiger partial charge in [-0.1, -0.05) is 12.1 Å². The van der Waals surface area contributed by atoms with Gasteiger partial charge in [0.2, 0.25) is 0 Å². The Morgan fingerprint density at radius 1 is 1.53 bits per heavy atom. The Labute approximate surface area is 102 Å². The molecule has 94 valence electrons. The second-order valence-electron chi connectivity index (χ2n) is 3.95. The fourth-order valence-corrected chi connectivity index (χ4v) is 1.46. The van der Waals surface area contributed by atoms with Gasteiger partial charge in [0.1, 0.15) is 0 Å². The summed E-state index contributed by atoms with van der Waals surface area (Å²) in [7, 11) is 0. The molecular weight excluding hydrogens is 218 g/mol. The zero-order valence-electron chi connectivity index (χ0n) is 10.3. The molecule has 0 radical (unpaired) electrons. The van der Waals surface area contributed by atoms with Crippen molar-refractivity contribution in [3.05, 3.63) is 35.4 Å². The normalized spacial score (nSPS) is 12.4. The largest absolute Gasteiger partial charge is 0.478 e. The Morgan fingerprint density at radius 2 is 2.29 bits per heavy atom. The Kier molecular flexibility index (Phi) is 5.66. The van der Waals surface area contributed by atoms with E-state index in [-0.39, 0.29) is 6.04 Å². The fraction of sp³-hybridized carbons (Fsp3) is 0.462. The Hall–Kier alpha value is -1.39. The third kappa shape index (κ3) is 4.97. The average Bonchev–Trinajstić information content (AvgIpc) is 2.34. The molecular formula is C13H19NO3. The highest BCUT2D eigenvalue weighted by Crippen LogP contribution is 2.05. The smallest absolute Gasteiger partial charge is 0.335 e. The number of hydrogen-bond acceptors (Lipinski definition) is 3. The van der Waals surface area contributed by atoms with E-state index in [2.05, 4.69) is 5.32 Å². The van der Waals surface area contributed by atoms with Crippen LogP contribution < -0.4 is 5.32 Å². The molecule has 0 spiro atoms. The van der Waals surface area contributed by atoms with E-state index in [1.807, 2.05) is 19.9 Å². The maximum Gasteiger partial charge on any atom is 0.335 e. The van der Waals surface area contributed by atoms with Gasteiger partial charge in [0, 0.05) is 19.2 Å². The minimum absolute atomic E-state index is 0.253. The maximum atomic E-state index is 10.8. The summed E-state index contributed by atoms with van der Waals surface area (Å²) in [4.78, 5) is 10.8. The van der Waals surface area contributed by atoms with Gasteiger partial charge < -0.3 is 15.2 Å². The van der Waals surface area contributed by atoms with Gasteiger partial charge in [-0.25, -0.2) is 4.79 Å². The van der Waals surface area contributed by atoms with Crippen LogP contribution in [0.1, 0.15) is 29.8 Å². The van der Waals surface area contributed by atoms with E-state index in [9.17, 15) is 4.79 Å². The summed E-state index contributed by atoms with van der Waals surface area (Å²) in [6.45, 7) is 6.02. The fourth-order valence-electron chi connectivity index (χ4n) is 1.46. The van der Waals surface area contributed by atoms with E-state index in [0.29, 0.717) is 25.3 Å². The first-order chi connectivity index (χ1) is 8.13. The van der Waals surface area contributed by atoms with Gasteiger partial charge in [-0.15, -0.1) is 0 Å². The van der Waals surface area contributed by atoms with E-state index < -0.39 is 5.97 Å². The number of carboxylic acids is 1. The summed E-state index contributed by atoms with van der Waals surface area (Å²) in [5, 5.41) is 12.1. The molecule has 1 unspecified atom stereocenters. The van der Waals surface area contributed by atoms with Gasteiger partial charge in [0.15, 0.2) is 0 Å². The van der Waals surface area contributed by atoms with Crippen LogP contribution in [0.3, 0.4) is 0 Å². The van der Waals surface area contributed by atoms with E-state index >= 15 is 0 Å². The molecule has 0 aliphatic carbocycles. The number of carbonyl (C=O) groups is 1. The van der Waals surface area contributed by atoms with Crippen molar-refractivity contribution in [1.82, 2.24) is 5.32 Å². The predicted octanol–water partition coefficient (Wildman–Crippen LogP) is 1.90. The predicted molar refractivity (Wildman–Crippen MR) is 66.2 cm³/mol. The third-order valence-corrected chi connectivity index (χ3v) is 2.40. The number of benzene rings is 1. The van der Waals surface area contributed by atoms with Crippen LogP contribution in [0.5, 0.6) is 0 Å². The molecule has 2 N–H and O–H groups in total. The highest BCUT2D eigenvalue weighted by molar-refractivity contribution is 5.87. The quantitative estimate of drug-likeness (QED) is 0.760. The van der Waals surface area contributed by atoms with Crippen LogP contribution in [-0.4, -0.2) is 30.3 Å². The van der Waals surface area contributed by atoms with E-state index in [4.69, 9.17) is 9.84 Å². The topological polar surface area (TPSA) is 58.6 Å². The van der Waals surface area contributed by atoms with Crippen LogP contribution >= 0.6 is 0 Å². The number of aromatic carboxylic acids is 1. The summed E-state index contributed by atoms with van der Waals surface area (Å²) in [5.74, 6) is -0.894. The molecule has 0 saturated heterocycles. The van der Waals surface area contributed by atoms with Crippen LogP contribution in [0, 0.1) is 0 Å². The molecule has 0 aromatic heterocycles. The zero-order valence-corrected chi connectivity index (χ0v) is 10.3. The summed E-state index contributed by atoms with van der Waals surface area (Å²) in [6.07, 6.45) is 0. The second-order valence-corrected chi connectivity index (χ2v) is 3.95. The zero-order chi connectivity index (χ0) is 12.7. The van der Waals surface area contributed by atoms with Crippen LogP contribution in [0.15, 0.2) is 24.3 Å². The molecule has 0 aliphatic rings. The molecule has 17 heavy (non-hydrogen) atoms. The summed E-state index contributed by atoms with van der Waals surface area (Å²) in [6, 6.07) is 7.20. The molecule has 0 bridgehead atoms. The van der Waals surface area contributed by atoms with E-state index in [1.54, 1.807) is 18.2 Å². The Balaban J connectivity index is 2.46. The van der Waals surface area contributed by atoms with Gasteiger partial charge in [-0.2, -0.15) is 0 Å². The number of carboxylic acid groups (broad SMARTS) is 1. The SMILES string of the molecule is CCOCC(C)NCc1cccc(C(=O)O)c1. The Bertz CT molecular complexity index is 365. The first-order valence-electron chi connectivity index (χ1n) is 5.76. The molecule has 1 atom stereocenters. The van der Waals surface area contributed by atoms with Gasteiger partial charge in [0.25, 0.3) is 0 Å². The van der Waals surface area contributed by atoms with Crippen molar-refractivity contribution in [1.29, 1.82) is 0 Å². The first-order valence-corrected chi connectivity index (χ1v) is 5.76. The van der Waals surface area contributed by atoms with Crippen LogP contribution in [0.25, 0.3) is 0 Å². The lowest BCUT2D eigenvalue weighted by Gasteiger charge is -2.13. The molecule has 0 amide bonds. The maximum absolute atomic E-state index is 10.8.